The molecule has 1 atom stereocenters. The lowest BCUT2D eigenvalue weighted by atomic mass is 10.0. The second kappa shape index (κ2) is 7.38. The molecule has 2 aliphatic heterocycles. The Morgan fingerprint density at radius 1 is 1.07 bits per heavy atom. The minimum Gasteiger partial charge on any atom is -0.489 e. The molecule has 4 amide bonds. The standard InChI is InChI=1S/C21H18N2O6/c24-18-9-8-17(20(26)23(18)21(27)28)22-16-7-6-15(10-14(16)11-19(22)25)29-12-13-4-2-1-3-5-13/h1-7,10,17H,8-9,11-12H2,(H,27,28). The van der Waals surface area contributed by atoms with E-state index in [0.29, 0.717) is 23.6 Å². The van der Waals surface area contributed by atoms with Crippen LogP contribution in [0.3, 0.4) is 0 Å². The normalized spacial score (nSPS) is 18.8. The molecule has 0 spiro atoms. The summed E-state index contributed by atoms with van der Waals surface area (Å²) in [5.41, 5.74) is 2.25. The van der Waals surface area contributed by atoms with E-state index >= 15 is 0 Å². The number of likely N-dealkylation sites (tertiary alicyclic amines) is 1. The maximum atomic E-state index is 12.6. The van der Waals surface area contributed by atoms with Gasteiger partial charge >= 0.3 is 6.09 Å². The van der Waals surface area contributed by atoms with Crippen molar-refractivity contribution in [2.45, 2.75) is 31.9 Å². The van der Waals surface area contributed by atoms with Crippen molar-refractivity contribution in [1.29, 1.82) is 0 Å². The molecular weight excluding hydrogens is 376 g/mol. The van der Waals surface area contributed by atoms with E-state index < -0.39 is 23.9 Å². The van der Waals surface area contributed by atoms with Crippen molar-refractivity contribution in [2.24, 2.45) is 0 Å². The first-order chi connectivity index (χ1) is 14.0. The lowest BCUT2D eigenvalue weighted by Crippen LogP contribution is -2.57. The number of imide groups is 3. The Morgan fingerprint density at radius 3 is 2.55 bits per heavy atom. The van der Waals surface area contributed by atoms with Gasteiger partial charge in [0, 0.05) is 12.1 Å². The van der Waals surface area contributed by atoms with Gasteiger partial charge in [0.1, 0.15) is 18.4 Å². The Hall–Kier alpha value is -3.68. The fourth-order valence-electron chi connectivity index (χ4n) is 3.70. The van der Waals surface area contributed by atoms with Crippen LogP contribution in [0, 0.1) is 0 Å². The zero-order chi connectivity index (χ0) is 20.5. The number of rotatable bonds is 4. The molecule has 0 aromatic heterocycles. The largest absolute Gasteiger partial charge is 0.489 e. The number of nitrogens with zero attached hydrogens (tertiary/aromatic N) is 2. The zero-order valence-corrected chi connectivity index (χ0v) is 15.4. The molecule has 29 heavy (non-hydrogen) atoms. The number of anilines is 1. The molecule has 8 nitrogen and oxygen atoms in total. The average Bonchev–Trinajstić information content (AvgIpc) is 3.02. The van der Waals surface area contributed by atoms with Crippen molar-refractivity contribution in [2.75, 3.05) is 4.90 Å². The maximum Gasteiger partial charge on any atom is 0.421 e. The molecule has 8 heteroatoms. The van der Waals surface area contributed by atoms with Gasteiger partial charge in [-0.3, -0.25) is 19.3 Å². The van der Waals surface area contributed by atoms with Crippen LogP contribution in [0.1, 0.15) is 24.0 Å². The topological polar surface area (TPSA) is 104 Å². The monoisotopic (exact) mass is 394 g/mol. The van der Waals surface area contributed by atoms with Crippen molar-refractivity contribution >= 4 is 29.5 Å². The minimum absolute atomic E-state index is 0.0860. The Morgan fingerprint density at radius 2 is 1.83 bits per heavy atom. The van der Waals surface area contributed by atoms with E-state index in [1.165, 1.54) is 4.90 Å². The fraction of sp³-hybridized carbons (Fsp3) is 0.238. The highest BCUT2D eigenvalue weighted by atomic mass is 16.5. The highest BCUT2D eigenvalue weighted by Gasteiger charge is 2.45. The maximum absolute atomic E-state index is 12.6. The molecular formula is C21H18N2O6. The molecule has 0 aliphatic carbocycles. The second-order valence-corrected chi connectivity index (χ2v) is 6.91. The third-order valence-corrected chi connectivity index (χ3v) is 5.06. The summed E-state index contributed by atoms with van der Waals surface area (Å²) < 4.78 is 5.79. The van der Waals surface area contributed by atoms with Gasteiger partial charge in [-0.15, -0.1) is 0 Å². The first-order valence-electron chi connectivity index (χ1n) is 9.17. The highest BCUT2D eigenvalue weighted by molar-refractivity contribution is 6.15. The van der Waals surface area contributed by atoms with E-state index in [1.54, 1.807) is 18.2 Å². The van der Waals surface area contributed by atoms with Crippen LogP contribution < -0.4 is 9.64 Å². The molecule has 2 aromatic rings. The molecule has 0 saturated carbocycles. The number of hydrogen-bond donors (Lipinski definition) is 1. The molecule has 2 heterocycles. The van der Waals surface area contributed by atoms with Crippen LogP contribution in [0.2, 0.25) is 0 Å². The molecule has 4 rings (SSSR count). The summed E-state index contributed by atoms with van der Waals surface area (Å²) in [5, 5.41) is 9.15. The summed E-state index contributed by atoms with van der Waals surface area (Å²) in [7, 11) is 0. The highest BCUT2D eigenvalue weighted by Crippen LogP contribution is 2.36. The molecule has 1 unspecified atom stereocenters. The molecule has 0 bridgehead atoms. The number of carboxylic acid groups (broad SMARTS) is 1. The van der Waals surface area contributed by atoms with Gasteiger partial charge < -0.3 is 9.84 Å². The Kier molecular flexibility index (Phi) is 4.75. The van der Waals surface area contributed by atoms with Crippen LogP contribution in [-0.2, 0) is 27.4 Å². The number of hydrogen-bond acceptors (Lipinski definition) is 5. The molecule has 2 aromatic carbocycles. The van der Waals surface area contributed by atoms with Gasteiger partial charge in [-0.25, -0.2) is 4.79 Å². The average molecular weight is 394 g/mol. The Bertz CT molecular complexity index is 1000. The van der Waals surface area contributed by atoms with Crippen LogP contribution in [-0.4, -0.2) is 39.9 Å². The van der Waals surface area contributed by atoms with Gasteiger partial charge in [-0.1, -0.05) is 30.3 Å². The number of benzene rings is 2. The lowest BCUT2D eigenvalue weighted by molar-refractivity contribution is -0.147. The van der Waals surface area contributed by atoms with E-state index in [4.69, 9.17) is 9.84 Å². The molecule has 1 fully saturated rings. The van der Waals surface area contributed by atoms with Gasteiger partial charge in [0.15, 0.2) is 0 Å². The summed E-state index contributed by atoms with van der Waals surface area (Å²) in [6.07, 6.45) is -1.55. The van der Waals surface area contributed by atoms with Gasteiger partial charge in [-0.2, -0.15) is 4.90 Å². The Labute approximate surface area is 166 Å². The van der Waals surface area contributed by atoms with Crippen LogP contribution in [0.15, 0.2) is 48.5 Å². The molecule has 2 aliphatic rings. The summed E-state index contributed by atoms with van der Waals surface area (Å²) in [4.78, 5) is 49.7. The number of amides is 4. The molecule has 148 valence electrons. The first-order valence-corrected chi connectivity index (χ1v) is 9.17. The molecule has 1 N–H and O–H groups in total. The minimum atomic E-state index is -1.62. The first kappa shape index (κ1) is 18.7. The van der Waals surface area contributed by atoms with E-state index in [-0.39, 0.29) is 30.1 Å². The molecule has 0 radical (unpaired) electrons. The van der Waals surface area contributed by atoms with E-state index in [9.17, 15) is 19.2 Å². The predicted molar refractivity (Wildman–Crippen MR) is 101 cm³/mol. The van der Waals surface area contributed by atoms with Gasteiger partial charge in [-0.05, 0) is 35.7 Å². The van der Waals surface area contributed by atoms with E-state index in [2.05, 4.69) is 0 Å². The molecule has 1 saturated heterocycles. The summed E-state index contributed by atoms with van der Waals surface area (Å²) >= 11 is 0. The SMILES string of the molecule is O=C(O)N1C(=O)CCC(N2C(=O)Cc3cc(OCc4ccccc4)ccc32)C1=O. The van der Waals surface area contributed by atoms with Crippen molar-refractivity contribution in [3.8, 4) is 5.75 Å². The van der Waals surface area contributed by atoms with Gasteiger partial charge in [0.05, 0.1) is 6.42 Å². The Balaban J connectivity index is 1.55. The summed E-state index contributed by atoms with van der Waals surface area (Å²) in [6.45, 7) is 0.383. The number of piperidine rings is 1. The smallest absolute Gasteiger partial charge is 0.421 e. The van der Waals surface area contributed by atoms with Gasteiger partial charge in [0.2, 0.25) is 11.8 Å². The predicted octanol–water partition coefficient (Wildman–Crippen LogP) is 2.35. The van der Waals surface area contributed by atoms with Crippen LogP contribution in [0.25, 0.3) is 0 Å². The van der Waals surface area contributed by atoms with Crippen LogP contribution in [0.5, 0.6) is 5.75 Å². The number of carbonyl (C=O) groups is 4. The second-order valence-electron chi connectivity index (χ2n) is 6.91. The summed E-state index contributed by atoms with van der Waals surface area (Å²) in [6, 6.07) is 13.8. The van der Waals surface area contributed by atoms with Crippen molar-refractivity contribution < 1.29 is 29.0 Å². The zero-order valence-electron chi connectivity index (χ0n) is 15.4. The van der Waals surface area contributed by atoms with Crippen LogP contribution in [0.4, 0.5) is 10.5 Å². The fourth-order valence-corrected chi connectivity index (χ4v) is 3.70. The number of ether oxygens (including phenoxy) is 1. The van der Waals surface area contributed by atoms with Crippen molar-refractivity contribution in [3.63, 3.8) is 0 Å². The van der Waals surface area contributed by atoms with Crippen molar-refractivity contribution in [3.05, 3.63) is 59.7 Å². The van der Waals surface area contributed by atoms with E-state index in [0.717, 1.165) is 5.56 Å². The van der Waals surface area contributed by atoms with Crippen molar-refractivity contribution in [1.82, 2.24) is 4.90 Å². The lowest BCUT2D eigenvalue weighted by Gasteiger charge is -2.33. The quantitative estimate of drug-likeness (QED) is 0.799. The van der Waals surface area contributed by atoms with E-state index in [1.807, 2.05) is 30.3 Å². The van der Waals surface area contributed by atoms with Crippen LogP contribution >= 0.6 is 0 Å². The number of carbonyl (C=O) groups excluding carboxylic acids is 3. The van der Waals surface area contributed by atoms with Gasteiger partial charge in [0.25, 0.3) is 5.91 Å². The third-order valence-electron chi connectivity index (χ3n) is 5.06. The third kappa shape index (κ3) is 3.44. The summed E-state index contributed by atoms with van der Waals surface area (Å²) in [5.74, 6) is -1.37. The number of fused-ring (bicyclic) bond motifs is 1.